The third-order valence-electron chi connectivity index (χ3n) is 4.35. The fraction of sp³-hybridized carbons (Fsp3) is 1.00. The van der Waals surface area contributed by atoms with Crippen LogP contribution in [0.1, 0.15) is 60.3 Å². The summed E-state index contributed by atoms with van der Waals surface area (Å²) in [5, 5.41) is 0. The van der Waals surface area contributed by atoms with Crippen molar-refractivity contribution in [3.8, 4) is 0 Å². The van der Waals surface area contributed by atoms with E-state index in [1.165, 1.54) is 25.7 Å². The summed E-state index contributed by atoms with van der Waals surface area (Å²) in [5.74, 6) is 4.80. The van der Waals surface area contributed by atoms with E-state index in [1.807, 2.05) is 0 Å². The minimum absolute atomic E-state index is 0.879. The van der Waals surface area contributed by atoms with E-state index in [9.17, 15) is 0 Å². The Bertz CT molecular complexity index is 159. The Morgan fingerprint density at radius 3 is 2.14 bits per heavy atom. The van der Waals surface area contributed by atoms with Gasteiger partial charge in [-0.1, -0.05) is 60.3 Å². The van der Waals surface area contributed by atoms with Crippen LogP contribution >= 0.6 is 0 Å². The van der Waals surface area contributed by atoms with Gasteiger partial charge >= 0.3 is 0 Å². The quantitative estimate of drug-likeness (QED) is 0.611. The van der Waals surface area contributed by atoms with E-state index in [1.54, 1.807) is 0 Å². The second-order valence-electron chi connectivity index (χ2n) is 5.81. The van der Waals surface area contributed by atoms with Crippen LogP contribution in [-0.4, -0.2) is 0 Å². The van der Waals surface area contributed by atoms with Crippen LogP contribution in [-0.2, 0) is 0 Å². The lowest BCUT2D eigenvalue weighted by molar-refractivity contribution is 0.0639. The SMILES string of the molecule is CCCC1C(C)CCC(C)C1C(C)C. The third-order valence-corrected chi connectivity index (χ3v) is 4.35. The molecule has 0 nitrogen and oxygen atoms in total. The van der Waals surface area contributed by atoms with Crippen molar-refractivity contribution in [2.24, 2.45) is 29.6 Å². The first-order valence-electron chi connectivity index (χ1n) is 6.57. The molecule has 0 heteroatoms. The fourth-order valence-corrected chi connectivity index (χ4v) is 3.70. The first-order valence-corrected chi connectivity index (χ1v) is 6.57. The average molecular weight is 196 g/mol. The molecule has 1 aliphatic rings. The number of hydrogen-bond acceptors (Lipinski definition) is 0. The smallest absolute Gasteiger partial charge is 0.0334 e. The van der Waals surface area contributed by atoms with Crippen LogP contribution < -0.4 is 0 Å². The van der Waals surface area contributed by atoms with Gasteiger partial charge in [0, 0.05) is 0 Å². The molecular formula is C14H28. The van der Waals surface area contributed by atoms with Crippen molar-refractivity contribution in [1.29, 1.82) is 0 Å². The molecule has 1 saturated carbocycles. The molecule has 0 heterocycles. The zero-order valence-electron chi connectivity index (χ0n) is 10.7. The second kappa shape index (κ2) is 5.19. The first-order chi connectivity index (χ1) is 6.57. The van der Waals surface area contributed by atoms with Crippen molar-refractivity contribution in [2.45, 2.75) is 60.3 Å². The Hall–Kier alpha value is 0. The van der Waals surface area contributed by atoms with Crippen molar-refractivity contribution in [1.82, 2.24) is 0 Å². The molecule has 0 amide bonds. The topological polar surface area (TPSA) is 0 Å². The third kappa shape index (κ3) is 2.52. The van der Waals surface area contributed by atoms with Crippen molar-refractivity contribution in [3.63, 3.8) is 0 Å². The maximum Gasteiger partial charge on any atom is -0.0334 e. The van der Waals surface area contributed by atoms with Crippen molar-refractivity contribution in [3.05, 3.63) is 0 Å². The van der Waals surface area contributed by atoms with Gasteiger partial charge in [-0.25, -0.2) is 0 Å². The fourth-order valence-electron chi connectivity index (χ4n) is 3.70. The molecule has 0 saturated heterocycles. The molecule has 0 spiro atoms. The lowest BCUT2D eigenvalue weighted by atomic mass is 9.62. The predicted octanol–water partition coefficient (Wildman–Crippen LogP) is 4.74. The van der Waals surface area contributed by atoms with E-state index in [2.05, 4.69) is 34.6 Å². The Balaban J connectivity index is 2.70. The van der Waals surface area contributed by atoms with Gasteiger partial charge in [0.15, 0.2) is 0 Å². The van der Waals surface area contributed by atoms with E-state index >= 15 is 0 Å². The predicted molar refractivity (Wildman–Crippen MR) is 64.3 cm³/mol. The lowest BCUT2D eigenvalue weighted by Gasteiger charge is -2.43. The van der Waals surface area contributed by atoms with Gasteiger partial charge in [-0.3, -0.25) is 0 Å². The molecule has 0 N–H and O–H groups in total. The van der Waals surface area contributed by atoms with Gasteiger partial charge in [-0.2, -0.15) is 0 Å². The van der Waals surface area contributed by atoms with Crippen LogP contribution in [0.3, 0.4) is 0 Å². The zero-order chi connectivity index (χ0) is 10.7. The number of rotatable bonds is 3. The van der Waals surface area contributed by atoms with Crippen LogP contribution in [0.15, 0.2) is 0 Å². The maximum atomic E-state index is 2.47. The van der Waals surface area contributed by atoms with E-state index in [0.717, 1.165) is 29.6 Å². The summed E-state index contributed by atoms with van der Waals surface area (Å²) >= 11 is 0. The molecule has 0 aromatic heterocycles. The molecule has 0 aliphatic heterocycles. The molecule has 14 heavy (non-hydrogen) atoms. The van der Waals surface area contributed by atoms with Crippen LogP contribution in [0.5, 0.6) is 0 Å². The second-order valence-corrected chi connectivity index (χ2v) is 5.81. The van der Waals surface area contributed by atoms with Gasteiger partial charge < -0.3 is 0 Å². The lowest BCUT2D eigenvalue weighted by Crippen LogP contribution is -2.35. The Labute approximate surface area is 90.5 Å². The monoisotopic (exact) mass is 196 g/mol. The highest BCUT2D eigenvalue weighted by molar-refractivity contribution is 4.85. The molecular weight excluding hydrogens is 168 g/mol. The summed E-state index contributed by atoms with van der Waals surface area (Å²) in [6.45, 7) is 12.1. The molecule has 1 fully saturated rings. The molecule has 4 unspecified atom stereocenters. The van der Waals surface area contributed by atoms with Gasteiger partial charge in [-0.15, -0.1) is 0 Å². The van der Waals surface area contributed by atoms with Crippen molar-refractivity contribution in [2.75, 3.05) is 0 Å². The Morgan fingerprint density at radius 1 is 1.07 bits per heavy atom. The summed E-state index contributed by atoms with van der Waals surface area (Å²) in [7, 11) is 0. The summed E-state index contributed by atoms with van der Waals surface area (Å²) in [6.07, 6.45) is 5.75. The minimum atomic E-state index is 0.879. The summed E-state index contributed by atoms with van der Waals surface area (Å²) in [6, 6.07) is 0. The van der Waals surface area contributed by atoms with Gasteiger partial charge in [0.05, 0.1) is 0 Å². The van der Waals surface area contributed by atoms with Gasteiger partial charge in [0.1, 0.15) is 0 Å². The van der Waals surface area contributed by atoms with Crippen molar-refractivity contribution >= 4 is 0 Å². The van der Waals surface area contributed by atoms with Gasteiger partial charge in [-0.05, 0) is 29.6 Å². The molecule has 4 atom stereocenters. The summed E-state index contributed by atoms with van der Waals surface area (Å²) in [4.78, 5) is 0. The minimum Gasteiger partial charge on any atom is -0.0654 e. The van der Waals surface area contributed by atoms with E-state index < -0.39 is 0 Å². The molecule has 0 aromatic carbocycles. The highest BCUT2D eigenvalue weighted by Crippen LogP contribution is 2.44. The average Bonchev–Trinajstić information content (AvgIpc) is 2.11. The van der Waals surface area contributed by atoms with E-state index in [4.69, 9.17) is 0 Å². The van der Waals surface area contributed by atoms with E-state index in [-0.39, 0.29) is 0 Å². The first kappa shape index (κ1) is 12.1. The number of hydrogen-bond donors (Lipinski definition) is 0. The molecule has 84 valence electrons. The Morgan fingerprint density at radius 2 is 1.64 bits per heavy atom. The molecule has 0 bridgehead atoms. The Kier molecular flexibility index (Phi) is 4.47. The van der Waals surface area contributed by atoms with Gasteiger partial charge in [0.25, 0.3) is 0 Å². The van der Waals surface area contributed by atoms with Crippen molar-refractivity contribution < 1.29 is 0 Å². The van der Waals surface area contributed by atoms with Crippen LogP contribution in [0.2, 0.25) is 0 Å². The highest BCUT2D eigenvalue weighted by atomic mass is 14.4. The van der Waals surface area contributed by atoms with Gasteiger partial charge in [0.2, 0.25) is 0 Å². The normalized spacial score (nSPS) is 39.0. The van der Waals surface area contributed by atoms with Crippen LogP contribution in [0, 0.1) is 29.6 Å². The largest absolute Gasteiger partial charge is 0.0654 e. The van der Waals surface area contributed by atoms with E-state index in [0.29, 0.717) is 0 Å². The standard InChI is InChI=1S/C14H28/c1-6-7-13-11(4)8-9-12(5)14(13)10(2)3/h10-14H,6-9H2,1-5H3. The summed E-state index contributed by atoms with van der Waals surface area (Å²) < 4.78 is 0. The summed E-state index contributed by atoms with van der Waals surface area (Å²) in [5.41, 5.74) is 0. The molecule has 1 aliphatic carbocycles. The highest BCUT2D eigenvalue weighted by Gasteiger charge is 2.35. The van der Waals surface area contributed by atoms with Crippen LogP contribution in [0.4, 0.5) is 0 Å². The molecule has 0 radical (unpaired) electrons. The maximum absolute atomic E-state index is 2.47. The zero-order valence-corrected chi connectivity index (χ0v) is 10.7. The van der Waals surface area contributed by atoms with Crippen LogP contribution in [0.25, 0.3) is 0 Å². The molecule has 1 rings (SSSR count). The molecule has 0 aromatic rings.